The number of nitrogens with zero attached hydrogens (tertiary/aromatic N) is 4. The van der Waals surface area contributed by atoms with Gasteiger partial charge in [0.15, 0.2) is 0 Å². The van der Waals surface area contributed by atoms with Gasteiger partial charge in [0.05, 0.1) is 6.54 Å². The van der Waals surface area contributed by atoms with Crippen LogP contribution in [0.1, 0.15) is 32.6 Å². The fraction of sp³-hybridized carbons (Fsp3) is 0.524. The Balaban J connectivity index is 1.37. The van der Waals surface area contributed by atoms with Crippen molar-refractivity contribution in [2.24, 2.45) is 0 Å². The van der Waals surface area contributed by atoms with Gasteiger partial charge in [-0.15, -0.1) is 0 Å². The van der Waals surface area contributed by atoms with Crippen LogP contribution >= 0.6 is 0 Å². The van der Waals surface area contributed by atoms with Gasteiger partial charge in [-0.05, 0) is 44.5 Å². The Labute approximate surface area is 175 Å². The maximum atomic E-state index is 13.0. The van der Waals surface area contributed by atoms with Crippen LogP contribution in [0.4, 0.5) is 4.39 Å². The summed E-state index contributed by atoms with van der Waals surface area (Å²) in [5.41, 5.74) is 0.683. The van der Waals surface area contributed by atoms with Crippen LogP contribution in [0.2, 0.25) is 0 Å². The van der Waals surface area contributed by atoms with Crippen LogP contribution in [0.5, 0.6) is 0 Å². The molecule has 162 valence electrons. The van der Waals surface area contributed by atoms with E-state index in [1.165, 1.54) is 12.1 Å². The minimum atomic E-state index is -0.319. The number of hydrogen-bond acceptors (Lipinski definition) is 6. The highest BCUT2D eigenvalue weighted by Gasteiger charge is 2.22. The van der Waals surface area contributed by atoms with Crippen molar-refractivity contribution in [3.63, 3.8) is 0 Å². The molecule has 0 saturated carbocycles. The smallest absolute Gasteiger partial charge is 0.234 e. The number of carbonyl (C=O) groups is 2. The Bertz CT molecular complexity index is 845. The molecular formula is C21H28FN5O3. The first-order valence-electron chi connectivity index (χ1n) is 10.3. The first-order valence-corrected chi connectivity index (χ1v) is 10.3. The Hall–Kier alpha value is -2.81. The third kappa shape index (κ3) is 6.35. The molecule has 0 aliphatic carbocycles. The lowest BCUT2D eigenvalue weighted by molar-refractivity contribution is -0.133. The first-order chi connectivity index (χ1) is 14.4. The van der Waals surface area contributed by atoms with Crippen LogP contribution in [0, 0.1) is 5.82 Å². The van der Waals surface area contributed by atoms with Crippen molar-refractivity contribution in [2.75, 3.05) is 32.7 Å². The highest BCUT2D eigenvalue weighted by atomic mass is 19.1. The number of benzene rings is 1. The van der Waals surface area contributed by atoms with Crippen molar-refractivity contribution in [2.45, 2.75) is 39.2 Å². The van der Waals surface area contributed by atoms with Crippen molar-refractivity contribution in [1.29, 1.82) is 0 Å². The molecule has 0 unspecified atom stereocenters. The van der Waals surface area contributed by atoms with E-state index in [0.717, 1.165) is 0 Å². The summed E-state index contributed by atoms with van der Waals surface area (Å²) in [5.74, 6) is 0.668. The zero-order chi connectivity index (χ0) is 21.5. The molecule has 0 atom stereocenters. The van der Waals surface area contributed by atoms with Gasteiger partial charge in [-0.3, -0.25) is 14.5 Å². The summed E-state index contributed by atoms with van der Waals surface area (Å²) in [5, 5.41) is 6.80. The van der Waals surface area contributed by atoms with Crippen LogP contribution in [-0.4, -0.2) is 70.5 Å². The van der Waals surface area contributed by atoms with Gasteiger partial charge in [-0.1, -0.05) is 5.16 Å². The van der Waals surface area contributed by atoms with E-state index in [4.69, 9.17) is 4.52 Å². The van der Waals surface area contributed by atoms with Crippen molar-refractivity contribution < 1.29 is 18.5 Å². The SMILES string of the molecule is CC(C)NC(=O)CN1CCN(C(=O)CCCc2nc(-c3ccc(F)cc3)no2)CC1. The first kappa shape index (κ1) is 21.9. The van der Waals surface area contributed by atoms with Crippen LogP contribution in [0.15, 0.2) is 28.8 Å². The molecule has 2 amide bonds. The maximum Gasteiger partial charge on any atom is 0.234 e. The Kier molecular flexibility index (Phi) is 7.51. The predicted octanol–water partition coefficient (Wildman–Crippen LogP) is 1.87. The van der Waals surface area contributed by atoms with Crippen molar-refractivity contribution >= 4 is 11.8 Å². The van der Waals surface area contributed by atoms with Gasteiger partial charge in [0.1, 0.15) is 5.82 Å². The van der Waals surface area contributed by atoms with E-state index in [-0.39, 0.29) is 23.7 Å². The topological polar surface area (TPSA) is 91.6 Å². The number of aromatic nitrogens is 2. The lowest BCUT2D eigenvalue weighted by atomic mass is 10.2. The van der Waals surface area contributed by atoms with Gasteiger partial charge < -0.3 is 14.7 Å². The molecule has 1 aliphatic rings. The third-order valence-corrected chi connectivity index (χ3v) is 4.89. The number of aryl methyl sites for hydroxylation is 1. The quantitative estimate of drug-likeness (QED) is 0.705. The molecule has 1 saturated heterocycles. The fourth-order valence-corrected chi connectivity index (χ4v) is 3.35. The average molecular weight is 417 g/mol. The van der Waals surface area contributed by atoms with Gasteiger partial charge in [-0.25, -0.2) is 4.39 Å². The van der Waals surface area contributed by atoms with Crippen LogP contribution in [-0.2, 0) is 16.0 Å². The van der Waals surface area contributed by atoms with E-state index < -0.39 is 0 Å². The molecule has 1 N–H and O–H groups in total. The number of piperazine rings is 1. The fourth-order valence-electron chi connectivity index (χ4n) is 3.35. The van der Waals surface area contributed by atoms with Crippen molar-refractivity contribution in [1.82, 2.24) is 25.3 Å². The molecule has 0 spiro atoms. The highest BCUT2D eigenvalue weighted by molar-refractivity contribution is 5.78. The van der Waals surface area contributed by atoms with Crippen LogP contribution in [0.25, 0.3) is 11.4 Å². The van der Waals surface area contributed by atoms with E-state index in [9.17, 15) is 14.0 Å². The number of carbonyl (C=O) groups excluding carboxylic acids is 2. The second kappa shape index (κ2) is 10.3. The molecule has 30 heavy (non-hydrogen) atoms. The van der Waals surface area contributed by atoms with Crippen LogP contribution < -0.4 is 5.32 Å². The monoisotopic (exact) mass is 417 g/mol. The lowest BCUT2D eigenvalue weighted by Crippen LogP contribution is -2.51. The largest absolute Gasteiger partial charge is 0.353 e. The number of hydrogen-bond donors (Lipinski definition) is 1. The number of amides is 2. The molecule has 9 heteroatoms. The number of nitrogens with one attached hydrogen (secondary N) is 1. The second-order valence-corrected chi connectivity index (χ2v) is 7.75. The predicted molar refractivity (Wildman–Crippen MR) is 109 cm³/mol. The van der Waals surface area contributed by atoms with Gasteiger partial charge in [-0.2, -0.15) is 4.98 Å². The zero-order valence-corrected chi connectivity index (χ0v) is 17.4. The summed E-state index contributed by atoms with van der Waals surface area (Å²) < 4.78 is 18.2. The molecule has 2 aromatic rings. The average Bonchev–Trinajstić information content (AvgIpc) is 3.17. The Morgan fingerprint density at radius 3 is 2.53 bits per heavy atom. The van der Waals surface area contributed by atoms with E-state index in [2.05, 4.69) is 20.4 Å². The molecule has 8 nitrogen and oxygen atoms in total. The van der Waals surface area contributed by atoms with Crippen LogP contribution in [0.3, 0.4) is 0 Å². The van der Waals surface area contributed by atoms with E-state index >= 15 is 0 Å². The molecular weight excluding hydrogens is 389 g/mol. The van der Waals surface area contributed by atoms with Gasteiger partial charge in [0.2, 0.25) is 23.5 Å². The van der Waals surface area contributed by atoms with Gasteiger partial charge in [0.25, 0.3) is 0 Å². The summed E-state index contributed by atoms with van der Waals surface area (Å²) >= 11 is 0. The molecule has 1 fully saturated rings. The molecule has 0 bridgehead atoms. The number of halogens is 1. The molecule has 1 aromatic carbocycles. The normalized spacial score (nSPS) is 14.9. The Morgan fingerprint density at radius 2 is 1.87 bits per heavy atom. The van der Waals surface area contributed by atoms with E-state index in [1.807, 2.05) is 18.7 Å². The van der Waals surface area contributed by atoms with Gasteiger partial charge >= 0.3 is 0 Å². The molecule has 0 radical (unpaired) electrons. The summed E-state index contributed by atoms with van der Waals surface area (Å²) in [4.78, 5) is 32.5. The summed E-state index contributed by atoms with van der Waals surface area (Å²) in [6.07, 6.45) is 1.53. The molecule has 2 heterocycles. The van der Waals surface area contributed by atoms with Crippen molar-refractivity contribution in [3.8, 4) is 11.4 Å². The summed E-state index contributed by atoms with van der Waals surface area (Å²) in [7, 11) is 0. The highest BCUT2D eigenvalue weighted by Crippen LogP contribution is 2.17. The molecule has 3 rings (SSSR count). The van der Waals surface area contributed by atoms with Crippen molar-refractivity contribution in [3.05, 3.63) is 36.0 Å². The summed E-state index contributed by atoms with van der Waals surface area (Å²) in [6.45, 7) is 6.89. The standard InChI is InChI=1S/C21H28FN5O3/c1-15(2)23-18(28)14-26-10-12-27(13-11-26)20(29)5-3-4-19-24-21(25-30-19)16-6-8-17(22)9-7-16/h6-9,15H,3-5,10-14H2,1-2H3,(H,23,28). The third-order valence-electron chi connectivity index (χ3n) is 4.89. The molecule has 1 aliphatic heterocycles. The minimum absolute atomic E-state index is 0.0179. The maximum absolute atomic E-state index is 13.0. The minimum Gasteiger partial charge on any atom is -0.353 e. The summed E-state index contributed by atoms with van der Waals surface area (Å²) in [6, 6.07) is 6.02. The Morgan fingerprint density at radius 1 is 1.17 bits per heavy atom. The zero-order valence-electron chi connectivity index (χ0n) is 17.4. The second-order valence-electron chi connectivity index (χ2n) is 7.75. The lowest BCUT2D eigenvalue weighted by Gasteiger charge is -2.34. The van der Waals surface area contributed by atoms with E-state index in [0.29, 0.717) is 69.3 Å². The van der Waals surface area contributed by atoms with E-state index in [1.54, 1.807) is 12.1 Å². The molecule has 1 aromatic heterocycles. The van der Waals surface area contributed by atoms with Gasteiger partial charge in [0, 0.05) is 50.6 Å². The number of rotatable bonds is 8.